The Bertz CT molecular complexity index is 2540. The van der Waals surface area contributed by atoms with Gasteiger partial charge in [0.1, 0.15) is 48.5 Å². The summed E-state index contributed by atoms with van der Waals surface area (Å²) in [5, 5.41) is 57.0. The van der Waals surface area contributed by atoms with Crippen LogP contribution in [0.2, 0.25) is 0 Å². The second kappa shape index (κ2) is 15.6. The number of H-pyrrole nitrogens is 1. The van der Waals surface area contributed by atoms with Gasteiger partial charge in [-0.3, -0.25) is 23.4 Å². The summed E-state index contributed by atoms with van der Waals surface area (Å²) in [6.45, 7) is 0.283. The molecular formula is C27H32N12O15P2. The van der Waals surface area contributed by atoms with Crippen LogP contribution in [-0.2, 0) is 33.8 Å². The maximum Gasteiger partial charge on any atom is 0.481 e. The lowest BCUT2D eigenvalue weighted by Gasteiger charge is -2.26. The fraction of sp³-hybridized carbons (Fsp3) is 0.444. The molecule has 2 aromatic heterocycles. The van der Waals surface area contributed by atoms with Gasteiger partial charge in [0.2, 0.25) is 0 Å². The van der Waals surface area contributed by atoms with Crippen LogP contribution < -0.4 is 17.0 Å². The zero-order valence-electron chi connectivity index (χ0n) is 28.7. The van der Waals surface area contributed by atoms with Crippen LogP contribution >= 0.6 is 15.6 Å². The normalized spacial score (nSPS) is 22.4. The lowest BCUT2D eigenvalue weighted by atomic mass is 10.0. The van der Waals surface area contributed by atoms with E-state index < -0.39 is 95.2 Å². The molecule has 1 saturated heterocycles. The summed E-state index contributed by atoms with van der Waals surface area (Å²) in [7, 11) is -11.1. The van der Waals surface area contributed by atoms with Gasteiger partial charge < -0.3 is 50.4 Å². The number of nitrogens with one attached hydrogen (secondary N) is 1. The molecule has 3 aliphatic rings. The summed E-state index contributed by atoms with van der Waals surface area (Å²) in [6.07, 6.45) is -10.3. The van der Waals surface area contributed by atoms with Crippen molar-refractivity contribution in [2.75, 3.05) is 18.9 Å². The van der Waals surface area contributed by atoms with Gasteiger partial charge in [0.25, 0.3) is 5.56 Å². The second-order valence-electron chi connectivity index (χ2n) is 12.4. The average molecular weight is 827 g/mol. The van der Waals surface area contributed by atoms with Gasteiger partial charge in [-0.25, -0.2) is 33.9 Å². The van der Waals surface area contributed by atoms with Crippen LogP contribution in [0.15, 0.2) is 33.4 Å². The van der Waals surface area contributed by atoms with Gasteiger partial charge in [0, 0.05) is 4.91 Å². The van der Waals surface area contributed by atoms with Gasteiger partial charge in [-0.1, -0.05) is 5.11 Å². The fourth-order valence-corrected chi connectivity index (χ4v) is 7.90. The lowest BCUT2D eigenvalue weighted by molar-refractivity contribution is -0.0794. The molecule has 5 heterocycles. The van der Waals surface area contributed by atoms with Gasteiger partial charge in [-0.2, -0.15) is 9.29 Å². The van der Waals surface area contributed by atoms with Crippen LogP contribution in [0.3, 0.4) is 0 Å². The minimum atomic E-state index is -5.59. The van der Waals surface area contributed by atoms with Gasteiger partial charge in [-0.15, -0.1) is 0 Å². The molecule has 0 bridgehead atoms. The molecule has 9 unspecified atom stereocenters. The third-order valence-electron chi connectivity index (χ3n) is 8.71. The number of fused-ring (bicyclic) bond motifs is 3. The summed E-state index contributed by atoms with van der Waals surface area (Å²) < 4.78 is 46.5. The number of anilines is 1. The molecule has 56 heavy (non-hydrogen) atoms. The van der Waals surface area contributed by atoms with Crippen molar-refractivity contribution in [3.63, 3.8) is 0 Å². The van der Waals surface area contributed by atoms with E-state index >= 15 is 0 Å². The van der Waals surface area contributed by atoms with E-state index in [1.165, 1.54) is 17.0 Å². The topological polar surface area (TPSA) is 412 Å². The van der Waals surface area contributed by atoms with Crippen molar-refractivity contribution in [2.24, 2.45) is 5.11 Å². The van der Waals surface area contributed by atoms with E-state index in [0.717, 1.165) is 10.9 Å². The minimum Gasteiger partial charge on any atom is -0.388 e. The highest BCUT2D eigenvalue weighted by Crippen LogP contribution is 2.60. The van der Waals surface area contributed by atoms with Crippen LogP contribution in [0.5, 0.6) is 0 Å². The van der Waals surface area contributed by atoms with Gasteiger partial charge in [0.05, 0.1) is 42.8 Å². The summed E-state index contributed by atoms with van der Waals surface area (Å²) >= 11 is 0. The quantitative estimate of drug-likeness (QED) is 0.0202. The number of ether oxygens (including phenoxy) is 1. The number of nitrogen functional groups attached to an aromatic ring is 1. The first-order valence-electron chi connectivity index (χ1n) is 16.0. The van der Waals surface area contributed by atoms with Gasteiger partial charge in [0.15, 0.2) is 29.2 Å². The SMILES string of the molecule is Cc1cc2c(nc3c(=O)[nH]c(=O)nc-3n2CC(O)C(O)C(O)COP(=O)(O)OP(=O)(O)OCC2OC(n3cnc4c(N)ncnc43)C(O)C2O)c(N=[N+]=[N-])c1C. The van der Waals surface area contributed by atoms with Gasteiger partial charge in [-0.05, 0) is 36.6 Å². The third-order valence-corrected chi connectivity index (χ3v) is 11.3. The number of aliphatic hydroxyl groups is 5. The summed E-state index contributed by atoms with van der Waals surface area (Å²) in [6, 6.07) is 1.52. The lowest BCUT2D eigenvalue weighted by Crippen LogP contribution is -2.42. The number of aryl methyl sites for hydroxylation is 1. The van der Waals surface area contributed by atoms with E-state index in [9.17, 15) is 54.0 Å². The van der Waals surface area contributed by atoms with Crippen molar-refractivity contribution < 1.29 is 62.5 Å². The van der Waals surface area contributed by atoms with Crippen LogP contribution in [0.25, 0.3) is 44.2 Å². The number of aromatic nitrogens is 8. The highest BCUT2D eigenvalue weighted by atomic mass is 31.3. The van der Waals surface area contributed by atoms with Crippen LogP contribution in [0.1, 0.15) is 17.4 Å². The van der Waals surface area contributed by atoms with Crippen molar-refractivity contribution in [1.29, 1.82) is 0 Å². The number of imidazole rings is 1. The number of benzene rings is 1. The summed E-state index contributed by atoms with van der Waals surface area (Å²) in [4.78, 5) is 69.6. The van der Waals surface area contributed by atoms with E-state index in [0.29, 0.717) is 11.1 Å². The Balaban J connectivity index is 1.10. The van der Waals surface area contributed by atoms with Gasteiger partial charge >= 0.3 is 21.3 Å². The number of rotatable bonds is 14. The highest BCUT2D eigenvalue weighted by molar-refractivity contribution is 7.61. The van der Waals surface area contributed by atoms with Crippen molar-refractivity contribution in [2.45, 2.75) is 63.2 Å². The smallest absolute Gasteiger partial charge is 0.388 e. The molecule has 27 nitrogen and oxygen atoms in total. The van der Waals surface area contributed by atoms with Crippen molar-refractivity contribution in [3.05, 3.63) is 61.1 Å². The predicted molar refractivity (Wildman–Crippen MR) is 186 cm³/mol. The molecule has 3 aliphatic heterocycles. The number of aliphatic hydroxyl groups excluding tert-OH is 5. The standard InChI is InChI=1S/C27H32N12O15P2/c1-9-3-11-16(15(10(9)2)36-37-29)33-18-24(34-27(46)35-25(18)45)38(11)4-12(40)19(42)13(41)5-51-55(47,48)54-56(49,50)52-6-14-20(43)21(44)26(53-14)39-8-32-17-22(28)30-7-31-23(17)39/h3,7-8,12-14,19-21,26,40-44H,4-6H2,1-2H3,(H,47,48)(H,49,50)(H2,28,30,31)(H,35,45,46). The molecule has 0 amide bonds. The molecule has 29 heteroatoms. The molecule has 9 atom stereocenters. The number of aromatic amines is 1. The van der Waals surface area contributed by atoms with E-state index in [1.807, 2.05) is 4.98 Å². The van der Waals surface area contributed by atoms with Crippen LogP contribution in [-0.4, -0.2) is 124 Å². The Morgan fingerprint density at radius 2 is 1.77 bits per heavy atom. The Morgan fingerprint density at radius 1 is 1.05 bits per heavy atom. The number of azide groups is 1. The predicted octanol–water partition coefficient (Wildman–Crippen LogP) is -1.48. The monoisotopic (exact) mass is 826 g/mol. The van der Waals surface area contributed by atoms with Crippen molar-refractivity contribution >= 4 is 49.3 Å². The number of hydrogen-bond acceptors (Lipinski definition) is 20. The first-order valence-corrected chi connectivity index (χ1v) is 19.0. The number of hydrogen-bond donors (Lipinski definition) is 9. The molecule has 10 N–H and O–H groups in total. The molecule has 0 radical (unpaired) electrons. The minimum absolute atomic E-state index is 0.00881. The molecule has 0 aliphatic carbocycles. The third kappa shape index (κ3) is 8.04. The van der Waals surface area contributed by atoms with E-state index in [-0.39, 0.29) is 39.5 Å². The first-order chi connectivity index (χ1) is 26.3. The van der Waals surface area contributed by atoms with E-state index in [4.69, 9.17) is 20.5 Å². The van der Waals surface area contributed by atoms with Crippen molar-refractivity contribution in [3.8, 4) is 11.5 Å². The zero-order chi connectivity index (χ0) is 40.9. The summed E-state index contributed by atoms with van der Waals surface area (Å²) in [5.41, 5.74) is 13.8. The Labute approximate surface area is 310 Å². The number of phosphoric ester groups is 2. The van der Waals surface area contributed by atoms with Crippen LogP contribution in [0.4, 0.5) is 11.5 Å². The largest absolute Gasteiger partial charge is 0.481 e. The molecule has 1 aromatic carbocycles. The fourth-order valence-electron chi connectivity index (χ4n) is 5.80. The maximum absolute atomic E-state index is 12.7. The molecule has 6 rings (SSSR count). The molecule has 3 aromatic rings. The van der Waals surface area contributed by atoms with E-state index in [2.05, 4.69) is 43.8 Å². The number of nitrogens with zero attached hydrogens (tertiary/aromatic N) is 10. The molecular weight excluding hydrogens is 794 g/mol. The number of phosphoric acid groups is 2. The Morgan fingerprint density at radius 3 is 2.48 bits per heavy atom. The average Bonchev–Trinajstić information content (AvgIpc) is 3.68. The first kappa shape index (κ1) is 40.8. The molecule has 1 fully saturated rings. The maximum atomic E-state index is 12.7. The Kier molecular flexibility index (Phi) is 11.4. The van der Waals surface area contributed by atoms with Crippen molar-refractivity contribution in [1.82, 2.24) is 39.0 Å². The summed E-state index contributed by atoms with van der Waals surface area (Å²) in [5.74, 6) is -0.342. The molecule has 0 saturated carbocycles. The molecule has 300 valence electrons. The van der Waals surface area contributed by atoms with E-state index in [1.54, 1.807) is 13.8 Å². The Hall–Kier alpha value is -4.82. The second-order valence-corrected chi connectivity index (χ2v) is 15.4. The highest BCUT2D eigenvalue weighted by Gasteiger charge is 2.46. The van der Waals surface area contributed by atoms with Crippen LogP contribution in [0, 0.1) is 13.8 Å². The zero-order valence-corrected chi connectivity index (χ0v) is 30.5. The molecule has 0 spiro atoms. The number of nitrogens with two attached hydrogens (primary N) is 1.